The topological polar surface area (TPSA) is 109 Å². The van der Waals surface area contributed by atoms with Crippen LogP contribution < -0.4 is 5.73 Å². The van der Waals surface area contributed by atoms with Crippen LogP contribution in [0.25, 0.3) is 22.8 Å². The van der Waals surface area contributed by atoms with Crippen molar-refractivity contribution < 1.29 is 27.2 Å². The van der Waals surface area contributed by atoms with Gasteiger partial charge in [0.05, 0.1) is 35.2 Å². The van der Waals surface area contributed by atoms with E-state index in [0.717, 1.165) is 18.2 Å². The number of hydrogen-bond acceptors (Lipinski definition) is 6. The molecule has 192 valence electrons. The second-order valence-electron chi connectivity index (χ2n) is 7.29. The van der Waals surface area contributed by atoms with Crippen molar-refractivity contribution in [2.24, 2.45) is 12.8 Å². The molecule has 2 N–H and O–H groups in total. The van der Waals surface area contributed by atoms with Gasteiger partial charge in [-0.1, -0.05) is 55.9 Å². The number of nitrogens with zero attached hydrogens (tertiary/aromatic N) is 4. The number of hydrogen-bond donors (Lipinski definition) is 1. The van der Waals surface area contributed by atoms with Crippen LogP contribution in [0.3, 0.4) is 0 Å². The molecular weight excluding hydrogens is 475 g/mol. The summed E-state index contributed by atoms with van der Waals surface area (Å²) in [5.41, 5.74) is 6.69. The molecule has 3 rings (SSSR count). The molecule has 0 spiro atoms. The molecule has 0 saturated heterocycles. The van der Waals surface area contributed by atoms with E-state index in [9.17, 15) is 18.0 Å². The summed E-state index contributed by atoms with van der Waals surface area (Å²) in [7, 11) is 1.66. The highest BCUT2D eigenvalue weighted by Gasteiger charge is 2.32. The minimum absolute atomic E-state index is 0.0510. The summed E-state index contributed by atoms with van der Waals surface area (Å²) in [6, 6.07) is 7.00. The smallest absolute Gasteiger partial charge is 0.416 e. The van der Waals surface area contributed by atoms with Gasteiger partial charge in [0.25, 0.3) is 5.89 Å². The Labute approximate surface area is 206 Å². The fraction of sp³-hybridized carbons (Fsp3) is 0.280. The lowest BCUT2D eigenvalue weighted by Crippen LogP contribution is -2.13. The summed E-state index contributed by atoms with van der Waals surface area (Å²) in [6.45, 7) is 8.64. The number of primary amides is 1. The van der Waals surface area contributed by atoms with E-state index in [4.69, 9.17) is 15.0 Å². The van der Waals surface area contributed by atoms with E-state index in [1.807, 2.05) is 13.8 Å². The zero-order valence-corrected chi connectivity index (χ0v) is 20.5. The van der Waals surface area contributed by atoms with Crippen LogP contribution >= 0.6 is 0 Å². The molecule has 36 heavy (non-hydrogen) atoms. The molecule has 2 heterocycles. The molecule has 3 aromatic rings. The lowest BCUT2D eigenvalue weighted by molar-refractivity contribution is -0.117. The van der Waals surface area contributed by atoms with Gasteiger partial charge >= 0.3 is 6.18 Å². The number of aryl methyl sites for hydroxylation is 1. The summed E-state index contributed by atoms with van der Waals surface area (Å²) in [6.07, 6.45) is -0.152. The second kappa shape index (κ2) is 12.5. The van der Waals surface area contributed by atoms with Gasteiger partial charge in [0, 0.05) is 12.6 Å². The van der Waals surface area contributed by atoms with Crippen molar-refractivity contribution >= 4 is 5.91 Å². The van der Waals surface area contributed by atoms with Gasteiger partial charge in [0.2, 0.25) is 11.7 Å². The maximum atomic E-state index is 13.1. The normalized spacial score (nSPS) is 12.1. The van der Waals surface area contributed by atoms with E-state index in [1.165, 1.54) is 17.8 Å². The van der Waals surface area contributed by atoms with Crippen LogP contribution in [-0.2, 0) is 29.6 Å². The van der Waals surface area contributed by atoms with Gasteiger partial charge in [-0.25, -0.2) is 0 Å². The minimum Gasteiger partial charge on any atom is -0.492 e. The zero-order valence-electron chi connectivity index (χ0n) is 20.5. The number of amides is 1. The molecule has 0 radical (unpaired) electrons. The molecule has 0 aliphatic carbocycles. The summed E-state index contributed by atoms with van der Waals surface area (Å²) < 4.78 is 51.7. The third-order valence-corrected chi connectivity index (χ3v) is 4.70. The first kappa shape index (κ1) is 28.1. The third-order valence-electron chi connectivity index (χ3n) is 4.70. The number of ether oxygens (including phenoxy) is 1. The summed E-state index contributed by atoms with van der Waals surface area (Å²) >= 11 is 0. The van der Waals surface area contributed by atoms with Crippen molar-refractivity contribution in [1.29, 1.82) is 0 Å². The van der Waals surface area contributed by atoms with Crippen molar-refractivity contribution in [1.82, 2.24) is 19.9 Å². The van der Waals surface area contributed by atoms with Crippen molar-refractivity contribution in [2.75, 3.05) is 0 Å². The number of alkyl halides is 3. The van der Waals surface area contributed by atoms with E-state index >= 15 is 0 Å². The van der Waals surface area contributed by atoms with Crippen LogP contribution in [-0.4, -0.2) is 32.0 Å². The van der Waals surface area contributed by atoms with Gasteiger partial charge in [0.15, 0.2) is 0 Å². The van der Waals surface area contributed by atoms with Crippen LogP contribution in [0.15, 0.2) is 71.1 Å². The number of benzene rings is 1. The number of rotatable bonds is 9. The maximum Gasteiger partial charge on any atom is 0.416 e. The Balaban J connectivity index is 0.00000222. The maximum absolute atomic E-state index is 13.1. The van der Waals surface area contributed by atoms with Gasteiger partial charge in [-0.3, -0.25) is 9.48 Å². The highest BCUT2D eigenvalue weighted by Crippen LogP contribution is 2.29. The predicted octanol–water partition coefficient (Wildman–Crippen LogP) is 5.29. The lowest BCUT2D eigenvalue weighted by atomic mass is 10.1. The van der Waals surface area contributed by atoms with Crippen LogP contribution in [0, 0.1) is 0 Å². The average Bonchev–Trinajstić information content (AvgIpc) is 3.45. The number of nitrogens with two attached hydrogens (primary N) is 1. The third kappa shape index (κ3) is 7.42. The monoisotopic (exact) mass is 503 g/mol. The highest BCUT2D eigenvalue weighted by molar-refractivity contribution is 5.77. The highest BCUT2D eigenvalue weighted by atomic mass is 19.4. The van der Waals surface area contributed by atoms with Gasteiger partial charge in [0.1, 0.15) is 6.61 Å². The van der Waals surface area contributed by atoms with Crippen molar-refractivity contribution in [3.63, 3.8) is 0 Å². The number of aromatic nitrogens is 4. The zero-order chi connectivity index (χ0) is 26.9. The minimum atomic E-state index is -4.54. The Bertz CT molecular complexity index is 1260. The Kier molecular flexibility index (Phi) is 9.77. The van der Waals surface area contributed by atoms with E-state index in [2.05, 4.69) is 21.8 Å². The van der Waals surface area contributed by atoms with E-state index < -0.39 is 17.7 Å². The fourth-order valence-electron chi connectivity index (χ4n) is 3.08. The molecular formula is C25H28F3N5O3. The molecule has 0 atom stereocenters. The van der Waals surface area contributed by atoms with Gasteiger partial charge < -0.3 is 15.0 Å². The molecule has 8 nitrogen and oxygen atoms in total. The molecule has 1 amide bonds. The molecule has 0 bridgehead atoms. The van der Waals surface area contributed by atoms with E-state index in [1.54, 1.807) is 31.3 Å². The number of carbonyl (C=O) groups excluding carboxylic acids is 1. The van der Waals surface area contributed by atoms with Crippen LogP contribution in [0.1, 0.15) is 32.0 Å². The molecule has 0 saturated carbocycles. The Morgan fingerprint density at radius 1 is 1.31 bits per heavy atom. The molecule has 0 aliphatic rings. The van der Waals surface area contributed by atoms with Crippen LogP contribution in [0.5, 0.6) is 0 Å². The molecule has 0 unspecified atom stereocenters. The van der Waals surface area contributed by atoms with Crippen molar-refractivity contribution in [3.05, 3.63) is 77.9 Å². The fourth-order valence-corrected chi connectivity index (χ4v) is 3.08. The lowest BCUT2D eigenvalue weighted by Gasteiger charge is -2.11. The molecule has 1 aromatic carbocycles. The first-order chi connectivity index (χ1) is 17.1. The quantitative estimate of drug-likeness (QED) is 0.314. The van der Waals surface area contributed by atoms with Gasteiger partial charge in [-0.15, -0.1) is 0 Å². The molecule has 11 heteroatoms. The summed E-state index contributed by atoms with van der Waals surface area (Å²) in [5, 5.41) is 8.14. The standard InChI is InChI=1S/C23H22F3N5O3.C2H6/c1-4-6-17(23(24,25)26)9-14(2)33-13-19-18(12-28-31(19)3)22-29-21(30-34-22)16-8-5-7-15(10-16)11-20(27)32;1-2/h4-10,12H,1,11,13H2,2-3H3,(H2,27,32);1-2H3/b14-9+,17-6+;. The first-order valence-electron chi connectivity index (χ1n) is 11.0. The molecule has 2 aromatic heterocycles. The Morgan fingerprint density at radius 3 is 2.67 bits per heavy atom. The van der Waals surface area contributed by atoms with E-state index in [0.29, 0.717) is 22.4 Å². The SMILES string of the molecule is C=C/C=C(\C=C(/C)OCc1c(-c2nc(-c3cccc(CC(N)=O)c3)no2)cnn1C)C(F)(F)F.CC. The number of carbonyl (C=O) groups is 1. The first-order valence-corrected chi connectivity index (χ1v) is 11.0. The largest absolute Gasteiger partial charge is 0.492 e. The summed E-state index contributed by atoms with van der Waals surface area (Å²) in [5.74, 6) is 0.0383. The van der Waals surface area contributed by atoms with Crippen molar-refractivity contribution in [2.45, 2.75) is 40.0 Å². The van der Waals surface area contributed by atoms with Gasteiger partial charge in [-0.05, 0) is 24.6 Å². The average molecular weight is 504 g/mol. The van der Waals surface area contributed by atoms with E-state index in [-0.39, 0.29) is 30.5 Å². The van der Waals surface area contributed by atoms with Crippen molar-refractivity contribution in [3.8, 4) is 22.8 Å². The Morgan fingerprint density at radius 2 is 2.03 bits per heavy atom. The van der Waals surface area contributed by atoms with Crippen LogP contribution in [0.2, 0.25) is 0 Å². The molecule has 0 fully saturated rings. The second-order valence-corrected chi connectivity index (χ2v) is 7.29. The van der Waals surface area contributed by atoms with Gasteiger partial charge in [-0.2, -0.15) is 23.3 Å². The van der Waals surface area contributed by atoms with Crippen LogP contribution in [0.4, 0.5) is 13.2 Å². The Hall–Kier alpha value is -4.15. The number of allylic oxidation sites excluding steroid dienone is 5. The summed E-state index contributed by atoms with van der Waals surface area (Å²) in [4.78, 5) is 15.6. The number of halogens is 3. The predicted molar refractivity (Wildman–Crippen MR) is 129 cm³/mol. The molecule has 0 aliphatic heterocycles.